The van der Waals surface area contributed by atoms with Gasteiger partial charge in [0.15, 0.2) is 0 Å². The van der Waals surface area contributed by atoms with Gasteiger partial charge in [-0.05, 0) is 31.5 Å². The van der Waals surface area contributed by atoms with E-state index in [1.807, 2.05) is 12.1 Å². The molecular weight excluding hydrogens is 564 g/mol. The number of aromatic nitrogens is 4. The number of ether oxygens (including phenoxy) is 1. The van der Waals surface area contributed by atoms with Gasteiger partial charge in [-0.3, -0.25) is 15.1 Å². The Morgan fingerprint density at radius 3 is 2.89 bits per heavy atom. The Labute approximate surface area is 225 Å². The van der Waals surface area contributed by atoms with Crippen LogP contribution in [-0.4, -0.2) is 95.5 Å². The third-order valence-electron chi connectivity index (χ3n) is 8.97. The number of alkyl halides is 3. The van der Waals surface area contributed by atoms with Crippen molar-refractivity contribution >= 4 is 43.8 Å². The van der Waals surface area contributed by atoms with Gasteiger partial charge < -0.3 is 9.84 Å². The van der Waals surface area contributed by atoms with E-state index in [-0.39, 0.29) is 18.5 Å². The standard InChI is InChI=1S/C25H28BrF2N7O3/c1-33-21(38-11-24-5-2-6-34(24)10-13(27)7-24)19-16(32-33)4-3-15-18(19)20(31-12-30-15)14-8-25(28)22(26)29-9-17(14)35(25)23(36)37/h3-4,12-14,17,22,29H,2,5-11H2,1H3,(H,36,37)/t13-,14?,17?,22?,24+,25?/m1/s1. The predicted octanol–water partition coefficient (Wildman–Crippen LogP) is 3.30. The summed E-state index contributed by atoms with van der Waals surface area (Å²) in [5.74, 6) is -2.12. The van der Waals surface area contributed by atoms with E-state index in [1.54, 1.807) is 11.7 Å². The minimum absolute atomic E-state index is 0.0538. The van der Waals surface area contributed by atoms with Gasteiger partial charge in [-0.1, -0.05) is 15.9 Å². The smallest absolute Gasteiger partial charge is 0.410 e. The first-order valence-corrected chi connectivity index (χ1v) is 13.8. The summed E-state index contributed by atoms with van der Waals surface area (Å²) in [6, 6.07) is 3.05. The number of carbonyl (C=O) groups is 1. The molecule has 4 saturated heterocycles. The molecule has 4 unspecified atom stereocenters. The van der Waals surface area contributed by atoms with Crippen LogP contribution in [0.15, 0.2) is 18.5 Å². The number of rotatable bonds is 4. The lowest BCUT2D eigenvalue weighted by Crippen LogP contribution is -2.63. The molecule has 6 heterocycles. The number of hydrogen-bond acceptors (Lipinski definition) is 7. The van der Waals surface area contributed by atoms with Crippen LogP contribution in [0.3, 0.4) is 0 Å². The Balaban J connectivity index is 1.34. The number of amides is 1. The molecule has 10 nitrogen and oxygen atoms in total. The van der Waals surface area contributed by atoms with Gasteiger partial charge in [0.2, 0.25) is 11.7 Å². The number of piperazine rings is 1. The highest BCUT2D eigenvalue weighted by Crippen LogP contribution is 2.51. The summed E-state index contributed by atoms with van der Waals surface area (Å²) in [7, 11) is 1.80. The molecule has 2 N–H and O–H groups in total. The molecule has 0 aliphatic carbocycles. The monoisotopic (exact) mass is 591 g/mol. The van der Waals surface area contributed by atoms with Crippen LogP contribution in [0.25, 0.3) is 21.8 Å². The Morgan fingerprint density at radius 2 is 2.11 bits per heavy atom. The number of carboxylic acid groups (broad SMARTS) is 1. The minimum atomic E-state index is -2.13. The zero-order valence-electron chi connectivity index (χ0n) is 20.8. The fourth-order valence-electron chi connectivity index (χ4n) is 7.35. The molecule has 1 aromatic carbocycles. The number of halogens is 3. The van der Waals surface area contributed by atoms with Crippen molar-refractivity contribution in [1.29, 1.82) is 0 Å². The van der Waals surface area contributed by atoms with Gasteiger partial charge in [0.1, 0.15) is 24.1 Å². The van der Waals surface area contributed by atoms with Gasteiger partial charge in [-0.2, -0.15) is 5.10 Å². The lowest BCUT2D eigenvalue weighted by Gasteiger charge is -2.41. The first-order chi connectivity index (χ1) is 18.2. The maximum atomic E-state index is 16.2. The number of benzene rings is 1. The minimum Gasteiger partial charge on any atom is -0.475 e. The summed E-state index contributed by atoms with van der Waals surface area (Å²) in [6.07, 6.45) is 1.57. The van der Waals surface area contributed by atoms with Gasteiger partial charge in [0.05, 0.1) is 33.7 Å². The first kappa shape index (κ1) is 24.4. The fraction of sp³-hybridized carbons (Fsp3) is 0.600. The third-order valence-corrected chi connectivity index (χ3v) is 10.00. The summed E-state index contributed by atoms with van der Waals surface area (Å²) in [5.41, 5.74) is 1.55. The van der Waals surface area contributed by atoms with Crippen molar-refractivity contribution in [3.8, 4) is 5.88 Å². The Hall–Kier alpha value is -2.64. The van der Waals surface area contributed by atoms with Crippen molar-refractivity contribution in [2.45, 2.75) is 60.1 Å². The van der Waals surface area contributed by atoms with Crippen molar-refractivity contribution in [2.24, 2.45) is 7.05 Å². The second kappa shape index (κ2) is 8.43. The molecule has 1 amide bonds. The number of nitrogens with one attached hydrogen (secondary N) is 1. The van der Waals surface area contributed by atoms with Crippen molar-refractivity contribution < 1.29 is 23.4 Å². The van der Waals surface area contributed by atoms with Crippen LogP contribution in [0.1, 0.15) is 37.3 Å². The summed E-state index contributed by atoms with van der Waals surface area (Å²) < 4.78 is 38.7. The van der Waals surface area contributed by atoms with Gasteiger partial charge >= 0.3 is 6.09 Å². The van der Waals surface area contributed by atoms with Gasteiger partial charge in [0, 0.05) is 44.3 Å². The molecule has 6 atom stereocenters. The van der Waals surface area contributed by atoms with Crippen LogP contribution in [0.2, 0.25) is 0 Å². The van der Waals surface area contributed by atoms with Crippen LogP contribution < -0.4 is 10.1 Å². The molecule has 2 bridgehead atoms. The molecule has 0 radical (unpaired) electrons. The molecule has 4 fully saturated rings. The van der Waals surface area contributed by atoms with Crippen LogP contribution >= 0.6 is 15.9 Å². The van der Waals surface area contributed by atoms with Gasteiger partial charge in [-0.15, -0.1) is 0 Å². The summed E-state index contributed by atoms with van der Waals surface area (Å²) in [4.78, 5) is 23.5. The molecule has 7 rings (SSSR count). The van der Waals surface area contributed by atoms with Crippen LogP contribution in [-0.2, 0) is 7.05 Å². The number of aryl methyl sites for hydroxylation is 1. The van der Waals surface area contributed by atoms with E-state index in [0.717, 1.165) is 24.3 Å². The van der Waals surface area contributed by atoms with Crippen molar-refractivity contribution in [3.05, 3.63) is 24.2 Å². The molecule has 4 aliphatic heterocycles. The Bertz CT molecular complexity index is 1460. The molecule has 202 valence electrons. The van der Waals surface area contributed by atoms with Crippen LogP contribution in [0, 0.1) is 0 Å². The molecule has 0 saturated carbocycles. The zero-order chi connectivity index (χ0) is 26.4. The van der Waals surface area contributed by atoms with Gasteiger partial charge in [-0.25, -0.2) is 28.2 Å². The van der Waals surface area contributed by atoms with Crippen LogP contribution in [0.5, 0.6) is 5.88 Å². The maximum Gasteiger partial charge on any atom is 0.410 e. The maximum absolute atomic E-state index is 16.2. The fourth-order valence-corrected chi connectivity index (χ4v) is 7.94. The molecule has 4 aliphatic rings. The number of hydrogen-bond donors (Lipinski definition) is 2. The van der Waals surface area contributed by atoms with E-state index in [4.69, 9.17) is 4.74 Å². The molecule has 38 heavy (non-hydrogen) atoms. The second-order valence-corrected chi connectivity index (χ2v) is 11.9. The second-order valence-electron chi connectivity index (χ2n) is 11.0. The lowest BCUT2D eigenvalue weighted by atomic mass is 9.91. The Morgan fingerprint density at radius 1 is 1.29 bits per heavy atom. The SMILES string of the molecule is Cn1nc2ccc3ncnc(C4CC5(F)C(Br)NCC4N5C(=O)O)c3c2c1OC[C@@]12CCCN1C[C@H](F)C2. The normalized spacial score (nSPS) is 34.9. The first-order valence-electron chi connectivity index (χ1n) is 12.9. The van der Waals surface area contributed by atoms with E-state index in [2.05, 4.69) is 41.2 Å². The van der Waals surface area contributed by atoms with E-state index >= 15 is 4.39 Å². The average Bonchev–Trinajstić information content (AvgIpc) is 3.56. The number of fused-ring (bicyclic) bond motifs is 6. The van der Waals surface area contributed by atoms with E-state index in [0.29, 0.717) is 53.0 Å². The molecule has 0 spiro atoms. The van der Waals surface area contributed by atoms with Gasteiger partial charge in [0.25, 0.3) is 0 Å². The lowest BCUT2D eigenvalue weighted by molar-refractivity contribution is -0.0309. The van der Waals surface area contributed by atoms with E-state index < -0.39 is 35.0 Å². The third kappa shape index (κ3) is 3.33. The van der Waals surface area contributed by atoms with E-state index in [9.17, 15) is 14.3 Å². The summed E-state index contributed by atoms with van der Waals surface area (Å²) >= 11 is 3.30. The van der Waals surface area contributed by atoms with Crippen molar-refractivity contribution in [2.75, 3.05) is 26.2 Å². The summed E-state index contributed by atoms with van der Waals surface area (Å²) in [6.45, 7) is 1.92. The molecule has 13 heteroatoms. The largest absolute Gasteiger partial charge is 0.475 e. The highest BCUT2D eigenvalue weighted by molar-refractivity contribution is 9.09. The highest BCUT2D eigenvalue weighted by Gasteiger charge is 2.62. The van der Waals surface area contributed by atoms with Crippen molar-refractivity contribution in [3.63, 3.8) is 0 Å². The highest BCUT2D eigenvalue weighted by atomic mass is 79.9. The number of nitrogens with zero attached hydrogens (tertiary/aromatic N) is 6. The molecular formula is C25H28BrF2N7O3. The quantitative estimate of drug-likeness (QED) is 0.351. The zero-order valence-corrected chi connectivity index (χ0v) is 22.4. The Kier molecular flexibility index (Phi) is 5.41. The molecule has 3 aromatic rings. The van der Waals surface area contributed by atoms with Crippen LogP contribution in [0.4, 0.5) is 13.6 Å². The summed E-state index contributed by atoms with van der Waals surface area (Å²) in [5, 5.41) is 19.0. The topological polar surface area (TPSA) is 109 Å². The van der Waals surface area contributed by atoms with Crippen molar-refractivity contribution in [1.82, 2.24) is 34.9 Å². The van der Waals surface area contributed by atoms with E-state index in [1.165, 1.54) is 6.33 Å². The average molecular weight is 592 g/mol. The predicted molar refractivity (Wildman–Crippen MR) is 138 cm³/mol. The molecule has 2 aromatic heterocycles.